The molecule has 0 amide bonds. The van der Waals surface area contributed by atoms with E-state index in [4.69, 9.17) is 4.74 Å². The van der Waals surface area contributed by atoms with Gasteiger partial charge in [-0.1, -0.05) is 42.5 Å². The third-order valence-electron chi connectivity index (χ3n) is 4.15. The number of nitrogens with one attached hydrogen (secondary N) is 2. The smallest absolute Gasteiger partial charge is 0.191 e. The lowest BCUT2D eigenvalue weighted by Crippen LogP contribution is -2.41. The molecular weight excluding hydrogens is 463 g/mol. The number of aryl methyl sites for hydroxylation is 1. The fourth-order valence-corrected chi connectivity index (χ4v) is 2.80. The normalized spacial score (nSPS) is 12.3. The maximum absolute atomic E-state index is 6.01. The number of nitrogens with zero attached hydrogens (tertiary/aromatic N) is 2. The predicted molar refractivity (Wildman–Crippen MR) is 129 cm³/mol. The van der Waals surface area contributed by atoms with E-state index in [1.807, 2.05) is 18.2 Å². The number of para-hydroxylation sites is 1. The summed E-state index contributed by atoms with van der Waals surface area (Å²) in [5.74, 6) is 1.70. The average Bonchev–Trinajstić information content (AvgIpc) is 2.63. The Morgan fingerprint density at radius 1 is 1.07 bits per heavy atom. The van der Waals surface area contributed by atoms with Gasteiger partial charge in [-0.2, -0.15) is 0 Å². The molecule has 0 heterocycles. The molecule has 28 heavy (non-hydrogen) atoms. The zero-order valence-corrected chi connectivity index (χ0v) is 19.9. The first-order valence-electron chi connectivity index (χ1n) is 9.37. The Bertz CT molecular complexity index is 749. The van der Waals surface area contributed by atoms with Crippen molar-refractivity contribution < 1.29 is 4.74 Å². The van der Waals surface area contributed by atoms with E-state index in [1.165, 1.54) is 11.1 Å². The zero-order chi connectivity index (χ0) is 19.6. The van der Waals surface area contributed by atoms with E-state index in [1.54, 1.807) is 7.05 Å². The van der Waals surface area contributed by atoms with Crippen molar-refractivity contribution in [3.8, 4) is 5.75 Å². The molecule has 6 heteroatoms. The molecule has 2 aromatic rings. The van der Waals surface area contributed by atoms with E-state index in [0.717, 1.165) is 30.4 Å². The minimum absolute atomic E-state index is 0. The van der Waals surface area contributed by atoms with Crippen molar-refractivity contribution >= 4 is 29.9 Å². The van der Waals surface area contributed by atoms with Gasteiger partial charge in [-0.25, -0.2) is 0 Å². The van der Waals surface area contributed by atoms with Crippen molar-refractivity contribution in [2.45, 2.75) is 33.0 Å². The maximum atomic E-state index is 6.01. The van der Waals surface area contributed by atoms with Crippen molar-refractivity contribution in [1.29, 1.82) is 0 Å². The lowest BCUT2D eigenvalue weighted by molar-refractivity contribution is 0.222. The van der Waals surface area contributed by atoms with E-state index >= 15 is 0 Å². The van der Waals surface area contributed by atoms with Crippen LogP contribution in [0.15, 0.2) is 53.5 Å². The highest BCUT2D eigenvalue weighted by Crippen LogP contribution is 2.17. The SMILES string of the molecule is CN=C(NCc1cccc(CN(C)C)c1)NCC(C)Oc1ccccc1C.I. The molecule has 2 N–H and O–H groups in total. The molecule has 0 spiro atoms. The van der Waals surface area contributed by atoms with Crippen LogP contribution < -0.4 is 15.4 Å². The maximum Gasteiger partial charge on any atom is 0.191 e. The Morgan fingerprint density at radius 2 is 1.79 bits per heavy atom. The predicted octanol–water partition coefficient (Wildman–Crippen LogP) is 3.81. The van der Waals surface area contributed by atoms with Gasteiger partial charge in [0.2, 0.25) is 0 Å². The van der Waals surface area contributed by atoms with Crippen LogP contribution in [0, 0.1) is 6.92 Å². The van der Waals surface area contributed by atoms with Crippen LogP contribution in [0.1, 0.15) is 23.6 Å². The van der Waals surface area contributed by atoms with Crippen LogP contribution in [-0.4, -0.2) is 44.7 Å². The summed E-state index contributed by atoms with van der Waals surface area (Å²) in [5.41, 5.74) is 3.69. The van der Waals surface area contributed by atoms with Crippen molar-refractivity contribution in [2.24, 2.45) is 4.99 Å². The van der Waals surface area contributed by atoms with Gasteiger partial charge in [0.15, 0.2) is 5.96 Å². The Balaban J connectivity index is 0.00000392. The van der Waals surface area contributed by atoms with Crippen LogP contribution in [0.2, 0.25) is 0 Å². The van der Waals surface area contributed by atoms with E-state index in [9.17, 15) is 0 Å². The van der Waals surface area contributed by atoms with Crippen LogP contribution in [0.3, 0.4) is 0 Å². The van der Waals surface area contributed by atoms with Crippen molar-refractivity contribution in [3.05, 3.63) is 65.2 Å². The lowest BCUT2D eigenvalue weighted by atomic mass is 10.1. The topological polar surface area (TPSA) is 48.9 Å². The summed E-state index contributed by atoms with van der Waals surface area (Å²) in [6.45, 7) is 6.45. The second-order valence-corrected chi connectivity index (χ2v) is 7.06. The fraction of sp³-hybridized carbons (Fsp3) is 0.409. The van der Waals surface area contributed by atoms with Gasteiger partial charge in [0.05, 0.1) is 6.54 Å². The zero-order valence-electron chi connectivity index (χ0n) is 17.5. The van der Waals surface area contributed by atoms with Crippen LogP contribution in [-0.2, 0) is 13.1 Å². The van der Waals surface area contributed by atoms with Gasteiger partial charge in [0, 0.05) is 20.1 Å². The number of aliphatic imine (C=N–C) groups is 1. The van der Waals surface area contributed by atoms with E-state index in [0.29, 0.717) is 6.54 Å². The molecule has 0 saturated carbocycles. The molecule has 1 unspecified atom stereocenters. The highest BCUT2D eigenvalue weighted by molar-refractivity contribution is 14.0. The Labute approximate surface area is 186 Å². The molecule has 0 saturated heterocycles. The number of hydrogen-bond donors (Lipinski definition) is 2. The van der Waals surface area contributed by atoms with E-state index in [-0.39, 0.29) is 30.1 Å². The number of ether oxygens (including phenoxy) is 1. The van der Waals surface area contributed by atoms with Gasteiger partial charge in [-0.05, 0) is 50.7 Å². The fourth-order valence-electron chi connectivity index (χ4n) is 2.80. The lowest BCUT2D eigenvalue weighted by Gasteiger charge is -2.19. The molecule has 0 fully saturated rings. The van der Waals surface area contributed by atoms with Crippen LogP contribution in [0.5, 0.6) is 5.75 Å². The van der Waals surface area contributed by atoms with Crippen molar-refractivity contribution in [1.82, 2.24) is 15.5 Å². The number of benzene rings is 2. The molecule has 0 bridgehead atoms. The van der Waals surface area contributed by atoms with Gasteiger partial charge in [-0.15, -0.1) is 24.0 Å². The van der Waals surface area contributed by atoms with E-state index in [2.05, 4.69) is 78.8 Å². The van der Waals surface area contributed by atoms with Crippen LogP contribution in [0.4, 0.5) is 0 Å². The quantitative estimate of drug-likeness (QED) is 0.332. The first-order chi connectivity index (χ1) is 13.0. The van der Waals surface area contributed by atoms with Crippen molar-refractivity contribution in [2.75, 3.05) is 27.7 Å². The molecule has 1 atom stereocenters. The summed E-state index contributed by atoms with van der Waals surface area (Å²) in [6.07, 6.45) is 0.0352. The van der Waals surface area contributed by atoms with Gasteiger partial charge < -0.3 is 20.3 Å². The third-order valence-corrected chi connectivity index (χ3v) is 4.15. The summed E-state index contributed by atoms with van der Waals surface area (Å²) in [6, 6.07) is 16.7. The standard InChI is InChI=1S/C22H32N4O.HI/c1-17-9-6-7-12-21(17)27-18(2)14-24-22(23-3)25-15-19-10-8-11-20(13-19)16-26(4)5;/h6-13,18H,14-16H2,1-5H3,(H2,23,24,25);1H. The van der Waals surface area contributed by atoms with Gasteiger partial charge in [0.1, 0.15) is 11.9 Å². The molecule has 154 valence electrons. The minimum atomic E-state index is 0. The van der Waals surface area contributed by atoms with Crippen LogP contribution in [0.25, 0.3) is 0 Å². The number of halogens is 1. The second-order valence-electron chi connectivity index (χ2n) is 7.06. The molecule has 2 aromatic carbocycles. The largest absolute Gasteiger partial charge is 0.489 e. The Hall–Kier alpha value is -1.80. The number of hydrogen-bond acceptors (Lipinski definition) is 3. The molecule has 0 aliphatic heterocycles. The average molecular weight is 496 g/mol. The highest BCUT2D eigenvalue weighted by atomic mass is 127. The highest BCUT2D eigenvalue weighted by Gasteiger charge is 2.07. The molecule has 0 aliphatic rings. The molecule has 2 rings (SSSR count). The van der Waals surface area contributed by atoms with Gasteiger partial charge in [0.25, 0.3) is 0 Å². The molecule has 0 aromatic heterocycles. The molecule has 0 radical (unpaired) electrons. The second kappa shape index (κ2) is 12.6. The Kier molecular flexibility index (Phi) is 10.9. The summed E-state index contributed by atoms with van der Waals surface area (Å²) in [7, 11) is 5.94. The summed E-state index contributed by atoms with van der Waals surface area (Å²) < 4.78 is 6.01. The molecular formula is C22H33IN4O. The van der Waals surface area contributed by atoms with Crippen molar-refractivity contribution in [3.63, 3.8) is 0 Å². The third kappa shape index (κ3) is 8.48. The molecule has 0 aliphatic carbocycles. The van der Waals surface area contributed by atoms with Crippen LogP contribution >= 0.6 is 24.0 Å². The van der Waals surface area contributed by atoms with Gasteiger partial charge >= 0.3 is 0 Å². The summed E-state index contributed by atoms with van der Waals surface area (Å²) >= 11 is 0. The summed E-state index contributed by atoms with van der Waals surface area (Å²) in [4.78, 5) is 6.47. The van der Waals surface area contributed by atoms with Gasteiger partial charge in [-0.3, -0.25) is 4.99 Å². The number of rotatable bonds is 8. The summed E-state index contributed by atoms with van der Waals surface area (Å²) in [5, 5.41) is 6.70. The monoisotopic (exact) mass is 496 g/mol. The van der Waals surface area contributed by atoms with E-state index < -0.39 is 0 Å². The first-order valence-corrected chi connectivity index (χ1v) is 9.37. The minimum Gasteiger partial charge on any atom is -0.489 e. The Morgan fingerprint density at radius 3 is 2.46 bits per heavy atom. The number of guanidine groups is 1. The molecule has 5 nitrogen and oxygen atoms in total. The first kappa shape index (κ1) is 24.2.